The van der Waals surface area contributed by atoms with Gasteiger partial charge in [0.25, 0.3) is 11.6 Å². The molecule has 0 bridgehead atoms. The minimum absolute atomic E-state index is 0.0391. The summed E-state index contributed by atoms with van der Waals surface area (Å²) in [5.74, 6) is -0.353. The minimum Gasteiger partial charge on any atom is -0.334 e. The van der Waals surface area contributed by atoms with E-state index in [-0.39, 0.29) is 34.3 Å². The van der Waals surface area contributed by atoms with Crippen molar-refractivity contribution in [1.29, 1.82) is 0 Å². The fraction of sp³-hybridized carbons (Fsp3) is 0.462. The number of nitrogens with zero attached hydrogens (tertiary/aromatic N) is 2. The largest absolute Gasteiger partial charge is 0.334 e. The summed E-state index contributed by atoms with van der Waals surface area (Å²) in [5.41, 5.74) is -0.194. The van der Waals surface area contributed by atoms with E-state index in [4.69, 9.17) is 11.6 Å². The average Bonchev–Trinajstić information content (AvgIpc) is 2.27. The van der Waals surface area contributed by atoms with Crippen LogP contribution in [-0.4, -0.2) is 27.8 Å². The number of halogens is 1. The van der Waals surface area contributed by atoms with Crippen molar-refractivity contribution < 1.29 is 9.72 Å². The molecule has 1 rings (SSSR count). The molecule has 0 N–H and O–H groups in total. The van der Waals surface area contributed by atoms with E-state index in [1.54, 1.807) is 4.90 Å². The first-order valence-corrected chi connectivity index (χ1v) is 6.40. The average molecular weight is 285 g/mol. The van der Waals surface area contributed by atoms with Crippen LogP contribution in [0, 0.1) is 10.1 Å². The number of amides is 1. The molecule has 0 saturated heterocycles. The van der Waals surface area contributed by atoms with Gasteiger partial charge in [0.15, 0.2) is 0 Å². The molecule has 0 fully saturated rings. The standard InChI is InChI=1S/C13H17ClN2O3/c1-8(2)15(9(3)4)13(17)11-6-5-10(14)7-12(11)16(18)19/h5-9H,1-4H3. The molecule has 1 aromatic carbocycles. The van der Waals surface area contributed by atoms with Crippen LogP contribution >= 0.6 is 11.6 Å². The van der Waals surface area contributed by atoms with Gasteiger partial charge in [-0.25, -0.2) is 0 Å². The van der Waals surface area contributed by atoms with Crippen LogP contribution in [0.5, 0.6) is 0 Å². The number of carbonyl (C=O) groups is 1. The van der Waals surface area contributed by atoms with E-state index >= 15 is 0 Å². The van der Waals surface area contributed by atoms with Crippen LogP contribution in [0.2, 0.25) is 5.02 Å². The van der Waals surface area contributed by atoms with E-state index in [0.29, 0.717) is 0 Å². The Kier molecular flexibility index (Phi) is 4.89. The SMILES string of the molecule is CC(C)N(C(=O)c1ccc(Cl)cc1[N+](=O)[O-])C(C)C. The number of nitro groups is 1. The Morgan fingerprint density at radius 3 is 2.21 bits per heavy atom. The van der Waals surface area contributed by atoms with Crippen molar-refractivity contribution in [2.24, 2.45) is 0 Å². The highest BCUT2D eigenvalue weighted by molar-refractivity contribution is 6.31. The van der Waals surface area contributed by atoms with Gasteiger partial charge in [-0.05, 0) is 39.8 Å². The molecule has 19 heavy (non-hydrogen) atoms. The quantitative estimate of drug-likeness (QED) is 0.628. The number of rotatable bonds is 4. The number of benzene rings is 1. The van der Waals surface area contributed by atoms with Gasteiger partial charge < -0.3 is 4.90 Å². The third-order valence-corrected chi connectivity index (χ3v) is 2.97. The van der Waals surface area contributed by atoms with E-state index in [2.05, 4.69) is 0 Å². The zero-order chi connectivity index (χ0) is 14.7. The molecular formula is C13H17ClN2O3. The molecule has 0 aliphatic carbocycles. The molecule has 0 heterocycles. The van der Waals surface area contributed by atoms with Crippen LogP contribution in [-0.2, 0) is 0 Å². The Bertz CT molecular complexity index is 493. The summed E-state index contributed by atoms with van der Waals surface area (Å²) >= 11 is 5.74. The van der Waals surface area contributed by atoms with Gasteiger partial charge in [0, 0.05) is 23.2 Å². The van der Waals surface area contributed by atoms with E-state index in [9.17, 15) is 14.9 Å². The van der Waals surface area contributed by atoms with Gasteiger partial charge in [0.2, 0.25) is 0 Å². The molecule has 1 amide bonds. The number of carbonyl (C=O) groups excluding carboxylic acids is 1. The molecule has 104 valence electrons. The summed E-state index contributed by atoms with van der Waals surface area (Å²) in [6.07, 6.45) is 0. The number of nitro benzene ring substituents is 1. The smallest absolute Gasteiger partial charge is 0.283 e. The topological polar surface area (TPSA) is 63.5 Å². The van der Waals surface area contributed by atoms with Crippen LogP contribution in [0.15, 0.2) is 18.2 Å². The van der Waals surface area contributed by atoms with Gasteiger partial charge in [-0.2, -0.15) is 0 Å². The maximum Gasteiger partial charge on any atom is 0.283 e. The molecule has 0 atom stereocenters. The van der Waals surface area contributed by atoms with Crippen molar-refractivity contribution in [3.8, 4) is 0 Å². The van der Waals surface area contributed by atoms with Crippen LogP contribution in [0.25, 0.3) is 0 Å². The summed E-state index contributed by atoms with van der Waals surface area (Å²) in [7, 11) is 0. The first-order valence-electron chi connectivity index (χ1n) is 6.02. The van der Waals surface area contributed by atoms with Crippen LogP contribution in [0.4, 0.5) is 5.69 Å². The van der Waals surface area contributed by atoms with Crippen LogP contribution in [0.1, 0.15) is 38.1 Å². The molecule has 5 nitrogen and oxygen atoms in total. The summed E-state index contributed by atoms with van der Waals surface area (Å²) < 4.78 is 0. The van der Waals surface area contributed by atoms with E-state index < -0.39 is 4.92 Å². The molecule has 0 saturated carbocycles. The minimum atomic E-state index is -0.585. The first-order chi connectivity index (χ1) is 8.75. The molecule has 0 radical (unpaired) electrons. The maximum absolute atomic E-state index is 12.4. The Balaban J connectivity index is 3.29. The van der Waals surface area contributed by atoms with Gasteiger partial charge in [0.1, 0.15) is 5.56 Å². The molecule has 1 aromatic rings. The van der Waals surface area contributed by atoms with Crippen LogP contribution in [0.3, 0.4) is 0 Å². The van der Waals surface area contributed by atoms with Crippen molar-refractivity contribution in [1.82, 2.24) is 4.90 Å². The molecule has 0 aliphatic heterocycles. The fourth-order valence-electron chi connectivity index (χ4n) is 2.04. The van der Waals surface area contributed by atoms with Crippen molar-refractivity contribution in [2.45, 2.75) is 39.8 Å². The highest BCUT2D eigenvalue weighted by Crippen LogP contribution is 2.25. The number of hydrogen-bond donors (Lipinski definition) is 0. The normalized spacial score (nSPS) is 10.9. The zero-order valence-corrected chi connectivity index (χ0v) is 12.1. The Morgan fingerprint density at radius 1 is 1.26 bits per heavy atom. The summed E-state index contributed by atoms with van der Waals surface area (Å²) in [5, 5.41) is 11.3. The zero-order valence-electron chi connectivity index (χ0n) is 11.4. The van der Waals surface area contributed by atoms with E-state index in [0.717, 1.165) is 0 Å². The van der Waals surface area contributed by atoms with Gasteiger partial charge in [-0.15, -0.1) is 0 Å². The molecule has 0 aromatic heterocycles. The predicted molar refractivity (Wildman–Crippen MR) is 74.5 cm³/mol. The third-order valence-electron chi connectivity index (χ3n) is 2.73. The lowest BCUT2D eigenvalue weighted by Gasteiger charge is -2.30. The third kappa shape index (κ3) is 3.44. The second-order valence-corrected chi connectivity index (χ2v) is 5.25. The van der Waals surface area contributed by atoms with Gasteiger partial charge in [-0.1, -0.05) is 11.6 Å². The highest BCUT2D eigenvalue weighted by atomic mass is 35.5. The Labute approximate surface area is 117 Å². The summed E-state index contributed by atoms with van der Waals surface area (Å²) in [6, 6.07) is 4.01. The van der Waals surface area contributed by atoms with Crippen molar-refractivity contribution >= 4 is 23.2 Å². The lowest BCUT2D eigenvalue weighted by Crippen LogP contribution is -2.42. The van der Waals surface area contributed by atoms with Crippen LogP contribution < -0.4 is 0 Å². The monoisotopic (exact) mass is 284 g/mol. The summed E-state index contributed by atoms with van der Waals surface area (Å²) in [6.45, 7) is 7.50. The Morgan fingerprint density at radius 2 is 1.79 bits per heavy atom. The lowest BCUT2D eigenvalue weighted by atomic mass is 10.1. The molecule has 0 spiro atoms. The van der Waals surface area contributed by atoms with Crippen molar-refractivity contribution in [3.63, 3.8) is 0 Å². The van der Waals surface area contributed by atoms with E-state index in [1.165, 1.54) is 18.2 Å². The molecular weight excluding hydrogens is 268 g/mol. The fourth-order valence-corrected chi connectivity index (χ4v) is 2.21. The van der Waals surface area contributed by atoms with Gasteiger partial charge in [-0.3, -0.25) is 14.9 Å². The molecule has 6 heteroatoms. The second kappa shape index (κ2) is 6.02. The number of hydrogen-bond acceptors (Lipinski definition) is 3. The van der Waals surface area contributed by atoms with Crippen molar-refractivity contribution in [3.05, 3.63) is 38.9 Å². The predicted octanol–water partition coefficient (Wildman–Crippen LogP) is 3.51. The second-order valence-electron chi connectivity index (χ2n) is 4.82. The van der Waals surface area contributed by atoms with Gasteiger partial charge in [0.05, 0.1) is 4.92 Å². The van der Waals surface area contributed by atoms with Crippen molar-refractivity contribution in [2.75, 3.05) is 0 Å². The first kappa shape index (κ1) is 15.4. The highest BCUT2D eigenvalue weighted by Gasteiger charge is 2.28. The summed E-state index contributed by atoms with van der Waals surface area (Å²) in [4.78, 5) is 24.5. The maximum atomic E-state index is 12.4. The Hall–Kier alpha value is -1.62. The van der Waals surface area contributed by atoms with E-state index in [1.807, 2.05) is 27.7 Å². The molecule has 0 unspecified atom stereocenters. The lowest BCUT2D eigenvalue weighted by molar-refractivity contribution is -0.385. The van der Waals surface area contributed by atoms with Gasteiger partial charge >= 0.3 is 0 Å². The molecule has 0 aliphatic rings.